The Morgan fingerprint density at radius 3 is 0.844 bits per heavy atom. The number of carbonyl (C=O) groups is 2. The number of hydrogen-bond donors (Lipinski definition) is 10. The van der Waals surface area contributed by atoms with Gasteiger partial charge in [0.1, 0.15) is 47.8 Å². The van der Waals surface area contributed by atoms with Gasteiger partial charge in [-0.05, 0) is 12.8 Å². The van der Waals surface area contributed by atoms with Crippen LogP contribution in [0.15, 0.2) is 0 Å². The maximum Gasteiger partial charge on any atom is 2.00 e. The van der Waals surface area contributed by atoms with Gasteiger partial charge in [-0.2, -0.15) is 0 Å². The van der Waals surface area contributed by atoms with Crippen molar-refractivity contribution in [2.24, 2.45) is 0 Å². The van der Waals surface area contributed by atoms with E-state index in [-0.39, 0.29) is 44.8 Å². The standard InChI is InChI=1S/2C8H16O7.6C2H5.2Al.Ni/c2*1-2-8(15,7(13)14)6(12)5(11)4(10)3-9;6*1-2;;;/h2*4-6,9-12,15H,2-3H2,1H3,(H,13,14);6*1H2,2H3;;;/q;;;;;;;;;;+2/p-2. The fourth-order valence-electron chi connectivity index (χ4n) is 3.88. The first-order valence-corrected chi connectivity index (χ1v) is 20.4. The first-order valence-electron chi connectivity index (χ1n) is 15.5. The molecule has 8 atom stereocenters. The van der Waals surface area contributed by atoms with Crippen LogP contribution in [0.25, 0.3) is 0 Å². The van der Waals surface area contributed by atoms with Crippen molar-refractivity contribution in [2.45, 2.75) is 148 Å². The van der Waals surface area contributed by atoms with Crippen LogP contribution < -0.4 is 10.2 Å². The molecule has 0 fully saturated rings. The molecule has 8 unspecified atom stereocenters. The second-order valence-electron chi connectivity index (χ2n) is 10.7. The van der Waals surface area contributed by atoms with Crippen molar-refractivity contribution in [1.82, 2.24) is 0 Å². The summed E-state index contributed by atoms with van der Waals surface area (Å²) in [5.41, 5.74) is -5.31. The van der Waals surface area contributed by atoms with Gasteiger partial charge in [-0.3, -0.25) is 0 Å². The smallest absolute Gasteiger partial charge is 0.547 e. The summed E-state index contributed by atoms with van der Waals surface area (Å²) in [5.74, 6) is -3.91. The Hall–Kier alpha value is 0.0984. The molecule has 14 nitrogen and oxygen atoms in total. The summed E-state index contributed by atoms with van der Waals surface area (Å²) >= 11 is -0.343. The summed E-state index contributed by atoms with van der Waals surface area (Å²) in [4.78, 5) is 21.1. The third-order valence-corrected chi connectivity index (χ3v) is 15.0. The molecule has 0 spiro atoms. The van der Waals surface area contributed by atoms with Crippen LogP contribution >= 0.6 is 0 Å². The van der Waals surface area contributed by atoms with Crippen LogP contribution in [0, 0.1) is 0 Å². The molecule has 0 aliphatic rings. The fraction of sp³-hybridized carbons (Fsp3) is 0.929. The molecule has 0 saturated carbocycles. The number of carboxylic acid groups (broad SMARTS) is 2. The largest absolute Gasteiger partial charge is 2.00 e. The van der Waals surface area contributed by atoms with Gasteiger partial charge in [0.2, 0.25) is 0 Å². The Bertz CT molecular complexity index is 652. The van der Waals surface area contributed by atoms with E-state index in [0.29, 0.717) is 0 Å². The van der Waals surface area contributed by atoms with Crippen molar-refractivity contribution in [1.29, 1.82) is 0 Å². The van der Waals surface area contributed by atoms with Gasteiger partial charge < -0.3 is 70.9 Å². The van der Waals surface area contributed by atoms with Crippen molar-refractivity contribution in [3.8, 4) is 0 Å². The summed E-state index contributed by atoms with van der Waals surface area (Å²) in [5, 5.41) is 121. The molecule has 17 heteroatoms. The monoisotopic (exact) mass is 732 g/mol. The van der Waals surface area contributed by atoms with E-state index in [4.69, 9.17) is 20.4 Å². The summed E-state index contributed by atoms with van der Waals surface area (Å²) in [6.45, 7) is 14.7. The zero-order valence-corrected chi connectivity index (χ0v) is 31.4. The van der Waals surface area contributed by atoms with Crippen LogP contribution in [-0.2, 0) is 26.1 Å². The topological polar surface area (TPSA) is 283 Å². The van der Waals surface area contributed by atoms with Crippen molar-refractivity contribution in [3.05, 3.63) is 0 Å². The predicted octanol–water partition coefficient (Wildman–Crippen LogP) is -3.02. The predicted molar refractivity (Wildman–Crippen MR) is 165 cm³/mol. The van der Waals surface area contributed by atoms with Gasteiger partial charge in [-0.1, -0.05) is 87.1 Å². The van der Waals surface area contributed by atoms with Crippen LogP contribution in [0.5, 0.6) is 0 Å². The van der Waals surface area contributed by atoms with Gasteiger partial charge in [0.05, 0.1) is 25.2 Å². The van der Waals surface area contributed by atoms with E-state index in [1.165, 1.54) is 45.5 Å². The Morgan fingerprint density at radius 2 is 0.756 bits per heavy atom. The Labute approximate surface area is 287 Å². The zero-order valence-electron chi connectivity index (χ0n) is 28.1. The minimum absolute atomic E-state index is 0. The van der Waals surface area contributed by atoms with E-state index in [0.717, 1.165) is 0 Å². The van der Waals surface area contributed by atoms with Crippen LogP contribution in [0.2, 0.25) is 31.7 Å². The molecule has 0 aromatic rings. The third kappa shape index (κ3) is 20.3. The minimum Gasteiger partial charge on any atom is -0.547 e. The number of carbonyl (C=O) groups excluding carboxylic acids is 2. The molecule has 272 valence electrons. The van der Waals surface area contributed by atoms with Crippen molar-refractivity contribution in [2.75, 3.05) is 13.2 Å². The quantitative estimate of drug-likeness (QED) is 0.0629. The van der Waals surface area contributed by atoms with Gasteiger partial charge >= 0.3 is 16.5 Å². The van der Waals surface area contributed by atoms with Crippen molar-refractivity contribution in [3.63, 3.8) is 0 Å². The summed E-state index contributed by atoms with van der Waals surface area (Å²) in [6, 6.07) is 0. The summed E-state index contributed by atoms with van der Waals surface area (Å²) in [7, 11) is 0. The Morgan fingerprint density at radius 1 is 0.556 bits per heavy atom. The van der Waals surface area contributed by atoms with Crippen LogP contribution in [0.4, 0.5) is 0 Å². The Balaban J connectivity index is -0.000000167. The minimum atomic E-state index is -2.66. The molecule has 0 aliphatic carbocycles. The SMILES string of the molecule is CCC(O)(C(=O)[O-])C(O)C(O)C(O)CO.CCC(O)(C(=O)[O-])C(O)C(O)C(O)CO.C[CH2][Al]([CH2]C)[CH2]C.C[CH2][Al]([CH2]C)[CH2]C.[Ni+2]. The normalized spacial score (nSPS) is 17.1. The molecule has 0 aliphatic heterocycles. The van der Waals surface area contributed by atoms with Gasteiger partial charge in [0, 0.05) is 0 Å². The fourth-order valence-corrected chi connectivity index (χ4v) is 7.35. The van der Waals surface area contributed by atoms with E-state index in [9.17, 15) is 50.4 Å². The van der Waals surface area contributed by atoms with Gasteiger partial charge in [0.25, 0.3) is 28.3 Å². The van der Waals surface area contributed by atoms with Crippen LogP contribution in [-0.4, -0.2) is 152 Å². The molecule has 0 aromatic carbocycles. The maximum atomic E-state index is 10.5. The molecular weight excluding hydrogens is 673 g/mol. The van der Waals surface area contributed by atoms with E-state index < -0.39 is 85.8 Å². The molecule has 0 saturated heterocycles. The number of aliphatic hydroxyl groups is 10. The van der Waals surface area contributed by atoms with E-state index in [1.807, 2.05) is 0 Å². The van der Waals surface area contributed by atoms with Gasteiger partial charge in [0.15, 0.2) is 0 Å². The summed E-state index contributed by atoms with van der Waals surface area (Å²) in [6.07, 6.45) is -12.5. The molecule has 0 radical (unpaired) electrons. The second-order valence-corrected chi connectivity index (χ2v) is 19.0. The zero-order chi connectivity index (χ0) is 35.8. The molecule has 0 bridgehead atoms. The third-order valence-electron chi connectivity index (χ3n) is 8.04. The first kappa shape index (κ1) is 54.5. The molecule has 0 heterocycles. The van der Waals surface area contributed by atoms with Crippen molar-refractivity contribution >= 4 is 40.2 Å². The number of hydrogen-bond acceptors (Lipinski definition) is 14. The molecule has 0 rings (SSSR count). The van der Waals surface area contributed by atoms with Gasteiger partial charge in [-0.25, -0.2) is 0 Å². The number of carboxylic acids is 2. The average molecular weight is 733 g/mol. The molecular formula is C28H60Al2NiO14. The van der Waals surface area contributed by atoms with E-state index in [2.05, 4.69) is 41.5 Å². The molecule has 0 aromatic heterocycles. The second kappa shape index (κ2) is 30.2. The molecule has 45 heavy (non-hydrogen) atoms. The van der Waals surface area contributed by atoms with E-state index >= 15 is 0 Å². The van der Waals surface area contributed by atoms with Crippen molar-refractivity contribution < 1.29 is 87.4 Å². The van der Waals surface area contributed by atoms with Crippen LogP contribution in [0.3, 0.4) is 0 Å². The molecule has 10 N–H and O–H groups in total. The average Bonchev–Trinajstić information content (AvgIpc) is 3.03. The summed E-state index contributed by atoms with van der Waals surface area (Å²) < 4.78 is 0. The number of aliphatic hydroxyl groups excluding tert-OH is 8. The molecule has 0 amide bonds. The maximum absolute atomic E-state index is 10.5. The first-order chi connectivity index (χ1) is 20.3. The van der Waals surface area contributed by atoms with E-state index in [1.54, 1.807) is 0 Å². The van der Waals surface area contributed by atoms with Gasteiger partial charge in [-0.15, -0.1) is 0 Å². The van der Waals surface area contributed by atoms with Crippen LogP contribution in [0.1, 0.15) is 68.2 Å². The number of rotatable bonds is 18. The Kier molecular flexibility index (Phi) is 36.6. The number of aliphatic carboxylic acids is 2.